The van der Waals surface area contributed by atoms with Crippen molar-refractivity contribution in [3.05, 3.63) is 96.4 Å². The normalized spacial score (nSPS) is 16.5. The number of rotatable bonds is 7. The number of H-pyrrole nitrogens is 1. The zero-order valence-corrected chi connectivity index (χ0v) is 23.7. The molecule has 42 heavy (non-hydrogen) atoms. The number of aromatic amines is 1. The van der Waals surface area contributed by atoms with Crippen molar-refractivity contribution in [2.45, 2.75) is 25.3 Å². The van der Waals surface area contributed by atoms with Gasteiger partial charge in [0.1, 0.15) is 17.2 Å². The van der Waals surface area contributed by atoms with E-state index < -0.39 is 0 Å². The molecule has 2 fully saturated rings. The summed E-state index contributed by atoms with van der Waals surface area (Å²) < 4.78 is 0. The van der Waals surface area contributed by atoms with E-state index in [-0.39, 0.29) is 0 Å². The number of piperidine rings is 1. The van der Waals surface area contributed by atoms with E-state index in [1.54, 1.807) is 6.20 Å². The molecule has 9 heteroatoms. The molecule has 0 saturated carbocycles. The lowest BCUT2D eigenvalue weighted by Gasteiger charge is -2.31. The third-order valence-corrected chi connectivity index (χ3v) is 8.31. The van der Waals surface area contributed by atoms with Crippen LogP contribution in [-0.4, -0.2) is 74.5 Å². The number of nitrogens with zero attached hydrogens (tertiary/aromatic N) is 7. The van der Waals surface area contributed by atoms with Gasteiger partial charge in [-0.05, 0) is 55.3 Å². The summed E-state index contributed by atoms with van der Waals surface area (Å²) in [5.41, 5.74) is 6.39. The van der Waals surface area contributed by atoms with Crippen LogP contribution in [0.4, 0.5) is 5.82 Å². The van der Waals surface area contributed by atoms with Crippen LogP contribution < -0.4 is 10.2 Å². The molecule has 0 atom stereocenters. The predicted octanol–water partition coefficient (Wildman–Crippen LogP) is 4.78. The van der Waals surface area contributed by atoms with Crippen LogP contribution in [0.25, 0.3) is 33.9 Å². The molecule has 0 unspecified atom stereocenters. The predicted molar refractivity (Wildman–Crippen MR) is 165 cm³/mol. The van der Waals surface area contributed by atoms with Crippen molar-refractivity contribution < 1.29 is 0 Å². The number of pyridine rings is 1. The van der Waals surface area contributed by atoms with Gasteiger partial charge in [0.05, 0.1) is 0 Å². The fourth-order valence-corrected chi connectivity index (χ4v) is 5.94. The fraction of sp³-hybridized carbons (Fsp3) is 0.303. The monoisotopic (exact) mass is 557 g/mol. The minimum atomic E-state index is 0.396. The molecule has 5 heterocycles. The standard InChI is InChI=1S/C33H35N9/c1-2-6-25(7-3-1)28-22-30(42-20-16-34-17-21-42)37-38-31(28)26-11-9-24(10-12-26)23-41-18-13-27(14-19-41)32-36-33(40-39-32)29-8-4-5-15-35-29/h1-12,15,22,27,34H,13-14,16-21,23H2,(H,36,39,40). The zero-order valence-electron chi connectivity index (χ0n) is 23.7. The lowest BCUT2D eigenvalue weighted by molar-refractivity contribution is 0.202. The third kappa shape index (κ3) is 5.79. The second-order valence-electron chi connectivity index (χ2n) is 11.1. The van der Waals surface area contributed by atoms with Crippen molar-refractivity contribution in [2.75, 3.05) is 44.2 Å². The van der Waals surface area contributed by atoms with E-state index >= 15 is 0 Å². The van der Waals surface area contributed by atoms with E-state index in [1.807, 2.05) is 18.2 Å². The highest BCUT2D eigenvalue weighted by Crippen LogP contribution is 2.33. The lowest BCUT2D eigenvalue weighted by Crippen LogP contribution is -2.44. The number of anilines is 1. The van der Waals surface area contributed by atoms with Gasteiger partial charge in [-0.25, -0.2) is 4.98 Å². The molecule has 7 rings (SSSR count). The van der Waals surface area contributed by atoms with Crippen molar-refractivity contribution in [1.82, 2.24) is 40.6 Å². The maximum atomic E-state index is 4.76. The number of hydrogen-bond acceptors (Lipinski definition) is 8. The SMILES string of the molecule is c1ccc(-c2cc(N3CCNCC3)nnc2-c2ccc(CN3CCC(c4nc(-c5ccccn5)n[nH]4)CC3)cc2)cc1. The Bertz CT molecular complexity index is 1590. The van der Waals surface area contributed by atoms with Crippen LogP contribution in [0, 0.1) is 0 Å². The Labute approximate surface area is 246 Å². The topological polar surface area (TPSA) is 98.8 Å². The second kappa shape index (κ2) is 12.2. The molecule has 2 aromatic carbocycles. The number of nitrogens with one attached hydrogen (secondary N) is 2. The van der Waals surface area contributed by atoms with E-state index in [0.717, 1.165) is 98.4 Å². The van der Waals surface area contributed by atoms with Gasteiger partial charge in [0.2, 0.25) is 0 Å². The van der Waals surface area contributed by atoms with Gasteiger partial charge in [-0.15, -0.1) is 10.2 Å². The van der Waals surface area contributed by atoms with Crippen LogP contribution in [-0.2, 0) is 6.54 Å². The van der Waals surface area contributed by atoms with Gasteiger partial charge in [0.25, 0.3) is 0 Å². The molecule has 2 saturated heterocycles. The molecular weight excluding hydrogens is 522 g/mol. The molecule has 0 spiro atoms. The largest absolute Gasteiger partial charge is 0.353 e. The van der Waals surface area contributed by atoms with Gasteiger partial charge in [-0.1, -0.05) is 60.7 Å². The van der Waals surface area contributed by atoms with Gasteiger partial charge < -0.3 is 10.2 Å². The molecule has 9 nitrogen and oxygen atoms in total. The number of benzene rings is 2. The van der Waals surface area contributed by atoms with Crippen molar-refractivity contribution in [1.29, 1.82) is 0 Å². The summed E-state index contributed by atoms with van der Waals surface area (Å²) in [6, 6.07) is 27.4. The molecule has 0 amide bonds. The summed E-state index contributed by atoms with van der Waals surface area (Å²) in [6.07, 6.45) is 3.89. The van der Waals surface area contributed by atoms with Crippen molar-refractivity contribution in [3.63, 3.8) is 0 Å². The average molecular weight is 558 g/mol. The maximum Gasteiger partial charge on any atom is 0.199 e. The Morgan fingerprint density at radius 2 is 1.57 bits per heavy atom. The molecule has 0 aliphatic carbocycles. The number of hydrogen-bond donors (Lipinski definition) is 2. The fourth-order valence-electron chi connectivity index (χ4n) is 5.94. The first kappa shape index (κ1) is 26.4. The smallest absolute Gasteiger partial charge is 0.199 e. The second-order valence-corrected chi connectivity index (χ2v) is 11.1. The van der Waals surface area contributed by atoms with Crippen molar-refractivity contribution in [3.8, 4) is 33.9 Å². The molecule has 212 valence electrons. The Kier molecular flexibility index (Phi) is 7.67. The highest BCUT2D eigenvalue weighted by molar-refractivity contribution is 5.82. The van der Waals surface area contributed by atoms with Crippen LogP contribution in [0.3, 0.4) is 0 Å². The quantitative estimate of drug-likeness (QED) is 0.295. The summed E-state index contributed by atoms with van der Waals surface area (Å²) in [7, 11) is 0. The minimum Gasteiger partial charge on any atom is -0.353 e. The van der Waals surface area contributed by atoms with Gasteiger partial charge >= 0.3 is 0 Å². The first-order valence-electron chi connectivity index (χ1n) is 14.8. The summed E-state index contributed by atoms with van der Waals surface area (Å²) in [5.74, 6) is 2.98. The maximum absolute atomic E-state index is 4.76. The number of aromatic nitrogens is 6. The summed E-state index contributed by atoms with van der Waals surface area (Å²) in [6.45, 7) is 6.82. The average Bonchev–Trinajstić information content (AvgIpc) is 3.57. The zero-order chi connectivity index (χ0) is 28.1. The Hall–Kier alpha value is -4.47. The first-order chi connectivity index (χ1) is 20.8. The van der Waals surface area contributed by atoms with Crippen LogP contribution >= 0.6 is 0 Å². The van der Waals surface area contributed by atoms with Crippen LogP contribution in [0.5, 0.6) is 0 Å². The molecule has 0 radical (unpaired) electrons. The highest BCUT2D eigenvalue weighted by atomic mass is 15.3. The van der Waals surface area contributed by atoms with E-state index in [2.05, 4.69) is 96.1 Å². The Morgan fingerprint density at radius 1 is 0.786 bits per heavy atom. The molecular formula is C33H35N9. The summed E-state index contributed by atoms with van der Waals surface area (Å²) >= 11 is 0. The minimum absolute atomic E-state index is 0.396. The third-order valence-electron chi connectivity index (χ3n) is 8.31. The van der Waals surface area contributed by atoms with E-state index in [0.29, 0.717) is 11.7 Å². The molecule has 3 aromatic heterocycles. The molecule has 2 aliphatic heterocycles. The molecule has 0 bridgehead atoms. The van der Waals surface area contributed by atoms with Crippen LogP contribution in [0.15, 0.2) is 85.1 Å². The van der Waals surface area contributed by atoms with E-state index in [4.69, 9.17) is 10.1 Å². The van der Waals surface area contributed by atoms with E-state index in [1.165, 1.54) is 5.56 Å². The molecule has 5 aromatic rings. The van der Waals surface area contributed by atoms with E-state index in [9.17, 15) is 0 Å². The van der Waals surface area contributed by atoms with Gasteiger partial charge in [-0.3, -0.25) is 15.0 Å². The molecule has 2 aliphatic rings. The van der Waals surface area contributed by atoms with Crippen molar-refractivity contribution >= 4 is 5.82 Å². The Balaban J connectivity index is 1.02. The highest BCUT2D eigenvalue weighted by Gasteiger charge is 2.24. The summed E-state index contributed by atoms with van der Waals surface area (Å²) in [4.78, 5) is 14.0. The van der Waals surface area contributed by atoms with Gasteiger partial charge in [-0.2, -0.15) is 5.10 Å². The Morgan fingerprint density at radius 3 is 2.33 bits per heavy atom. The molecule has 2 N–H and O–H groups in total. The van der Waals surface area contributed by atoms with Gasteiger partial charge in [0.15, 0.2) is 11.6 Å². The van der Waals surface area contributed by atoms with Crippen LogP contribution in [0.1, 0.15) is 30.1 Å². The number of likely N-dealkylation sites (tertiary alicyclic amines) is 1. The lowest BCUT2D eigenvalue weighted by atomic mass is 9.95. The van der Waals surface area contributed by atoms with Gasteiger partial charge in [0, 0.05) is 56.0 Å². The van der Waals surface area contributed by atoms with Crippen molar-refractivity contribution in [2.24, 2.45) is 0 Å². The summed E-state index contributed by atoms with van der Waals surface area (Å²) in [5, 5.41) is 20.4. The first-order valence-corrected chi connectivity index (χ1v) is 14.8. The van der Waals surface area contributed by atoms with Crippen LogP contribution in [0.2, 0.25) is 0 Å². The number of piperazine rings is 1.